The number of alkyl halides is 2. The number of H-pyrrole nitrogens is 1. The molecule has 1 aliphatic carbocycles. The molecule has 12 nitrogen and oxygen atoms in total. The Morgan fingerprint density at radius 3 is 2.53 bits per heavy atom. The third kappa shape index (κ3) is 5.94. The Morgan fingerprint density at radius 2 is 1.84 bits per heavy atom. The second-order valence-corrected chi connectivity index (χ2v) is 19.1. The normalized spacial score (nSPS) is 34.8. The highest BCUT2D eigenvalue weighted by Crippen LogP contribution is 2.68. The molecule has 10 atom stereocenters. The molecule has 1 unspecified atom stereocenters. The van der Waals surface area contributed by atoms with Crippen LogP contribution in [0.3, 0.4) is 0 Å². The minimum Gasteiger partial charge on any atom is -0.496 e. The van der Waals surface area contributed by atoms with Gasteiger partial charge in [-0.05, 0) is 74.8 Å². The Hall–Kier alpha value is -4.53. The molecular weight excluding hydrogens is 797 g/mol. The van der Waals surface area contributed by atoms with Gasteiger partial charge >= 0.3 is 11.9 Å². The number of fused-ring (bicyclic) bond motifs is 6. The molecule has 2 bridgehead atoms. The van der Waals surface area contributed by atoms with Crippen LogP contribution in [0.2, 0.25) is 0 Å². The molecule has 0 radical (unpaired) electrons. The van der Waals surface area contributed by atoms with E-state index in [1.807, 2.05) is 37.4 Å². The number of benzene rings is 2. The molecule has 6 aliphatic rings. The van der Waals surface area contributed by atoms with Crippen molar-refractivity contribution < 1.29 is 42.5 Å². The average molecular weight is 858 g/mol. The van der Waals surface area contributed by atoms with E-state index in [4.69, 9.17) is 14.2 Å². The van der Waals surface area contributed by atoms with E-state index in [-0.39, 0.29) is 50.2 Å². The number of amides is 1. The fourth-order valence-corrected chi connectivity index (χ4v) is 13.8. The van der Waals surface area contributed by atoms with Gasteiger partial charge in [-0.15, -0.1) is 0 Å². The van der Waals surface area contributed by atoms with Crippen molar-refractivity contribution in [3.63, 3.8) is 0 Å². The van der Waals surface area contributed by atoms with E-state index in [2.05, 4.69) is 50.1 Å². The average Bonchev–Trinajstić information content (AvgIpc) is 3.92. The highest BCUT2D eigenvalue weighted by atomic mass is 19.3. The van der Waals surface area contributed by atoms with Gasteiger partial charge < -0.3 is 39.4 Å². The number of carbonyl (C=O) groups excluding carboxylic acids is 3. The number of nitrogens with one attached hydrogen (secondary N) is 2. The van der Waals surface area contributed by atoms with E-state index >= 15 is 13.6 Å². The van der Waals surface area contributed by atoms with Crippen LogP contribution >= 0.6 is 0 Å². The Labute approximate surface area is 362 Å². The predicted octanol–water partition coefficient (Wildman–Crippen LogP) is 5.47. The number of aromatic amines is 1. The van der Waals surface area contributed by atoms with Crippen LogP contribution in [0.4, 0.5) is 14.5 Å². The molecule has 1 spiro atoms. The molecule has 1 aromatic heterocycles. The maximum Gasteiger partial charge on any atom is 0.322 e. The van der Waals surface area contributed by atoms with Crippen LogP contribution in [0.1, 0.15) is 82.2 Å². The highest BCUT2D eigenvalue weighted by molar-refractivity contribution is 5.94. The topological polar surface area (TPSA) is 137 Å². The van der Waals surface area contributed by atoms with Crippen LogP contribution < -0.4 is 15.0 Å². The standard InChI is InChI=1S/C48H61F2N5O7/c1-8-38(57)51-27-48(59)41-46(17-20-55-18-12-16-45(9-2,40(46)55)42(48)62-28(3)56)33-22-34(37(60-6)23-36(33)53(41)5)47(43(58)61-7)24-29-21-30(44(4,49)50)26-54(25-29)19-15-32-31-13-10-11-14-35(31)52-39(32)47/h10-14,16,22-23,29-30,40-42,52,59H,8-9,15,17-21,24-27H2,1-7H3,(H,51,57)/t29-,30+,40-,41+,42+,45+,46+,47-,48-/m0/s1. The van der Waals surface area contributed by atoms with Crippen molar-refractivity contribution in [3.05, 3.63) is 70.9 Å². The van der Waals surface area contributed by atoms with E-state index in [9.17, 15) is 14.7 Å². The lowest BCUT2D eigenvalue weighted by atomic mass is 9.47. The summed E-state index contributed by atoms with van der Waals surface area (Å²) in [5, 5.41) is 17.6. The van der Waals surface area contributed by atoms with Gasteiger partial charge in [-0.25, -0.2) is 8.78 Å². The van der Waals surface area contributed by atoms with Gasteiger partial charge in [0.25, 0.3) is 0 Å². The number of esters is 2. The van der Waals surface area contributed by atoms with Gasteiger partial charge in [-0.1, -0.05) is 44.2 Å². The molecule has 5 aliphatic heterocycles. The molecule has 3 N–H and O–H groups in total. The summed E-state index contributed by atoms with van der Waals surface area (Å²) in [5.41, 5.74) is -0.285. The lowest BCUT2D eigenvalue weighted by Gasteiger charge is -2.64. The number of anilines is 1. The fraction of sp³-hybridized carbons (Fsp3) is 0.604. The number of methoxy groups -OCH3 is 2. The van der Waals surface area contributed by atoms with Gasteiger partial charge in [-0.3, -0.25) is 19.3 Å². The van der Waals surface area contributed by atoms with Gasteiger partial charge in [0.05, 0.1) is 26.8 Å². The van der Waals surface area contributed by atoms with Crippen LogP contribution in [0.15, 0.2) is 48.6 Å². The maximum atomic E-state index is 15.4. The van der Waals surface area contributed by atoms with E-state index < -0.39 is 57.8 Å². The summed E-state index contributed by atoms with van der Waals surface area (Å²) in [6, 6.07) is 11.1. The van der Waals surface area contributed by atoms with Crippen molar-refractivity contribution in [3.8, 4) is 5.75 Å². The lowest BCUT2D eigenvalue weighted by molar-refractivity contribution is -0.217. The van der Waals surface area contributed by atoms with Gasteiger partial charge in [0.15, 0.2) is 0 Å². The summed E-state index contributed by atoms with van der Waals surface area (Å²) in [6.07, 6.45) is 5.48. The molecule has 62 heavy (non-hydrogen) atoms. The molecular formula is C48H61F2N5O7. The number of nitrogens with zero attached hydrogens (tertiary/aromatic N) is 3. The number of piperidine rings is 1. The minimum atomic E-state index is -2.92. The van der Waals surface area contributed by atoms with Crippen LogP contribution in [0.25, 0.3) is 10.9 Å². The van der Waals surface area contributed by atoms with Crippen molar-refractivity contribution >= 4 is 34.4 Å². The molecule has 3 aromatic rings. The highest BCUT2D eigenvalue weighted by Gasteiger charge is 2.78. The fourth-order valence-electron chi connectivity index (χ4n) is 13.8. The quantitative estimate of drug-likeness (QED) is 0.188. The van der Waals surface area contributed by atoms with Crippen LogP contribution in [-0.4, -0.2) is 128 Å². The van der Waals surface area contributed by atoms with Gasteiger partial charge in [0.1, 0.15) is 22.9 Å². The molecule has 2 saturated heterocycles. The van der Waals surface area contributed by atoms with Gasteiger partial charge in [-0.2, -0.15) is 0 Å². The molecule has 2 aromatic carbocycles. The molecule has 1 amide bonds. The van der Waals surface area contributed by atoms with Crippen LogP contribution in [0, 0.1) is 17.3 Å². The zero-order valence-corrected chi connectivity index (χ0v) is 37.0. The third-order valence-corrected chi connectivity index (χ3v) is 16.1. The third-order valence-electron chi connectivity index (χ3n) is 16.1. The number of aromatic nitrogens is 1. The van der Waals surface area contributed by atoms with Crippen molar-refractivity contribution in [2.75, 3.05) is 65.4 Å². The van der Waals surface area contributed by atoms with Crippen molar-refractivity contribution in [1.29, 1.82) is 0 Å². The molecule has 3 fully saturated rings. The van der Waals surface area contributed by atoms with Crippen LogP contribution in [0.5, 0.6) is 5.75 Å². The number of likely N-dealkylation sites (N-methyl/N-ethyl adjacent to an activating group) is 1. The number of para-hydroxylation sites is 1. The Kier molecular flexibility index (Phi) is 10.4. The number of aliphatic hydroxyl groups is 1. The van der Waals surface area contributed by atoms with E-state index in [1.54, 1.807) is 14.0 Å². The first-order valence-electron chi connectivity index (χ1n) is 22.4. The molecule has 9 rings (SSSR count). The number of hydrogen-bond donors (Lipinski definition) is 3. The van der Waals surface area contributed by atoms with Crippen molar-refractivity contribution in [2.24, 2.45) is 17.3 Å². The number of ether oxygens (including phenoxy) is 3. The zero-order chi connectivity index (χ0) is 44.1. The molecule has 334 valence electrons. The molecule has 1 saturated carbocycles. The van der Waals surface area contributed by atoms with Gasteiger partial charge in [0.2, 0.25) is 11.8 Å². The zero-order valence-electron chi connectivity index (χ0n) is 37.0. The summed E-state index contributed by atoms with van der Waals surface area (Å²) in [4.78, 5) is 51.9. The first-order valence-corrected chi connectivity index (χ1v) is 22.4. The number of hydrogen-bond acceptors (Lipinski definition) is 10. The van der Waals surface area contributed by atoms with E-state index in [0.717, 1.165) is 34.6 Å². The van der Waals surface area contributed by atoms with Crippen LogP contribution in [-0.2, 0) is 41.1 Å². The summed E-state index contributed by atoms with van der Waals surface area (Å²) in [5.74, 6) is -5.00. The SMILES string of the molecule is CCC(=O)NC[C@@]1(O)[C@H](OC(C)=O)[C@]2(CC)C=CCN3CC[C@@]4(c5cc([C@@]6(C(=O)OC)C[C@@H]7C[C@@H](C(C)(F)F)CN(CCc8c6[nH]c6ccccc86)C7)c(OC)cc5N(C)[C@@H]14)[C@@H]32. The van der Waals surface area contributed by atoms with E-state index in [1.165, 1.54) is 14.0 Å². The Morgan fingerprint density at radius 1 is 1.06 bits per heavy atom. The summed E-state index contributed by atoms with van der Waals surface area (Å²) < 4.78 is 49.4. The number of rotatable bonds is 9. The maximum absolute atomic E-state index is 15.4. The number of halogens is 2. The second-order valence-electron chi connectivity index (χ2n) is 19.1. The molecule has 14 heteroatoms. The summed E-state index contributed by atoms with van der Waals surface area (Å²) in [7, 11) is 4.90. The lowest BCUT2D eigenvalue weighted by Crippen LogP contribution is -2.81. The monoisotopic (exact) mass is 857 g/mol. The molecule has 6 heterocycles. The largest absolute Gasteiger partial charge is 0.496 e. The summed E-state index contributed by atoms with van der Waals surface area (Å²) in [6.45, 7) is 8.72. The smallest absolute Gasteiger partial charge is 0.322 e. The minimum absolute atomic E-state index is 0.166. The van der Waals surface area contributed by atoms with E-state index in [0.29, 0.717) is 62.4 Å². The first kappa shape index (κ1) is 42.8. The Balaban J connectivity index is 1.34. The predicted molar refractivity (Wildman–Crippen MR) is 231 cm³/mol. The second kappa shape index (κ2) is 15.0. The van der Waals surface area contributed by atoms with Crippen molar-refractivity contribution in [1.82, 2.24) is 20.1 Å². The first-order chi connectivity index (χ1) is 29.5. The summed E-state index contributed by atoms with van der Waals surface area (Å²) >= 11 is 0. The van der Waals surface area contributed by atoms with Crippen molar-refractivity contribution in [2.45, 2.75) is 107 Å². The Bertz CT molecular complexity index is 2330. The number of carbonyl (C=O) groups is 3. The van der Waals surface area contributed by atoms with Gasteiger partial charge in [0, 0.05) is 103 Å².